The average molecular weight is 251 g/mol. The number of thioether (sulfide) groups is 1. The molecule has 2 N–H and O–H groups in total. The quantitative estimate of drug-likeness (QED) is 0.848. The number of aryl methyl sites for hydroxylation is 1. The van der Waals surface area contributed by atoms with Crippen LogP contribution < -0.4 is 5.32 Å². The van der Waals surface area contributed by atoms with Gasteiger partial charge in [0.05, 0.1) is 5.37 Å². The van der Waals surface area contributed by atoms with Crippen LogP contribution in [0, 0.1) is 6.92 Å². The van der Waals surface area contributed by atoms with Gasteiger partial charge in [0, 0.05) is 4.75 Å². The number of rotatable bonds is 2. The maximum absolute atomic E-state index is 11.2. The van der Waals surface area contributed by atoms with Gasteiger partial charge >= 0.3 is 5.97 Å². The molecule has 0 aromatic heterocycles. The Hall–Kier alpha value is -1.00. The number of hydrogen-bond donors (Lipinski definition) is 2. The molecule has 17 heavy (non-hydrogen) atoms. The van der Waals surface area contributed by atoms with E-state index in [0.717, 1.165) is 5.56 Å². The highest BCUT2D eigenvalue weighted by Gasteiger charge is 2.45. The zero-order valence-electron chi connectivity index (χ0n) is 10.2. The number of aliphatic carboxylic acids is 1. The summed E-state index contributed by atoms with van der Waals surface area (Å²) in [6.45, 7) is 5.98. The van der Waals surface area contributed by atoms with Gasteiger partial charge in [-0.05, 0) is 26.3 Å². The van der Waals surface area contributed by atoms with Crippen LogP contribution in [0.2, 0.25) is 0 Å². The molecule has 0 bridgehead atoms. The minimum Gasteiger partial charge on any atom is -0.480 e. The second-order valence-corrected chi connectivity index (χ2v) is 6.71. The summed E-state index contributed by atoms with van der Waals surface area (Å²) in [5.41, 5.74) is 2.35. The SMILES string of the molecule is Cc1ccc(C2NC(C(=O)O)C(C)(C)S2)cc1. The van der Waals surface area contributed by atoms with Gasteiger partial charge in [-0.25, -0.2) is 0 Å². The van der Waals surface area contributed by atoms with Crippen LogP contribution in [0.3, 0.4) is 0 Å². The van der Waals surface area contributed by atoms with Crippen LogP contribution in [0.5, 0.6) is 0 Å². The lowest BCUT2D eigenvalue weighted by atomic mass is 10.0. The third kappa shape index (κ3) is 2.48. The summed E-state index contributed by atoms with van der Waals surface area (Å²) >= 11 is 1.67. The summed E-state index contributed by atoms with van der Waals surface area (Å²) in [6.07, 6.45) is 0. The van der Waals surface area contributed by atoms with E-state index in [0.29, 0.717) is 0 Å². The molecule has 1 aliphatic heterocycles. The summed E-state index contributed by atoms with van der Waals surface area (Å²) in [5.74, 6) is -0.780. The first-order chi connectivity index (χ1) is 7.90. The molecule has 0 spiro atoms. The van der Waals surface area contributed by atoms with Crippen molar-refractivity contribution in [2.45, 2.75) is 36.9 Å². The number of carboxylic acid groups (broad SMARTS) is 1. The third-order valence-electron chi connectivity index (χ3n) is 3.06. The normalized spacial score (nSPS) is 27.0. The van der Waals surface area contributed by atoms with Crippen LogP contribution in [-0.2, 0) is 4.79 Å². The molecule has 2 rings (SSSR count). The van der Waals surface area contributed by atoms with E-state index in [9.17, 15) is 9.90 Å². The number of carboxylic acids is 1. The van der Waals surface area contributed by atoms with Crippen molar-refractivity contribution in [1.82, 2.24) is 5.32 Å². The summed E-state index contributed by atoms with van der Waals surface area (Å²) in [7, 11) is 0. The van der Waals surface area contributed by atoms with Crippen molar-refractivity contribution >= 4 is 17.7 Å². The van der Waals surface area contributed by atoms with Crippen molar-refractivity contribution in [3.05, 3.63) is 35.4 Å². The number of nitrogens with one attached hydrogen (secondary N) is 1. The van der Waals surface area contributed by atoms with Crippen molar-refractivity contribution in [2.24, 2.45) is 0 Å². The van der Waals surface area contributed by atoms with Gasteiger partial charge < -0.3 is 5.11 Å². The smallest absolute Gasteiger partial charge is 0.322 e. The first-order valence-electron chi connectivity index (χ1n) is 5.63. The molecule has 1 heterocycles. The maximum atomic E-state index is 11.2. The predicted molar refractivity (Wildman–Crippen MR) is 70.1 cm³/mol. The molecule has 2 unspecified atom stereocenters. The van der Waals surface area contributed by atoms with Crippen LogP contribution in [0.15, 0.2) is 24.3 Å². The molecule has 2 atom stereocenters. The number of hydrogen-bond acceptors (Lipinski definition) is 3. The second-order valence-electron chi connectivity index (χ2n) is 4.95. The first-order valence-corrected chi connectivity index (χ1v) is 6.51. The van der Waals surface area contributed by atoms with E-state index in [1.165, 1.54) is 5.56 Å². The van der Waals surface area contributed by atoms with Gasteiger partial charge in [-0.15, -0.1) is 11.8 Å². The van der Waals surface area contributed by atoms with Crippen LogP contribution in [0.25, 0.3) is 0 Å². The highest BCUT2D eigenvalue weighted by atomic mass is 32.2. The van der Waals surface area contributed by atoms with Crippen LogP contribution in [-0.4, -0.2) is 21.9 Å². The van der Waals surface area contributed by atoms with E-state index in [2.05, 4.69) is 29.6 Å². The van der Waals surface area contributed by atoms with Crippen molar-refractivity contribution < 1.29 is 9.90 Å². The van der Waals surface area contributed by atoms with Gasteiger partial charge in [0.2, 0.25) is 0 Å². The van der Waals surface area contributed by atoms with E-state index in [1.54, 1.807) is 11.8 Å². The fourth-order valence-electron chi connectivity index (χ4n) is 2.03. The fourth-order valence-corrected chi connectivity index (χ4v) is 3.44. The Morgan fingerprint density at radius 2 is 1.94 bits per heavy atom. The molecule has 1 saturated heterocycles. The standard InChI is InChI=1S/C13H17NO2S/c1-8-4-6-9(7-5-8)11-14-10(12(15)16)13(2,3)17-11/h4-7,10-11,14H,1-3H3,(H,15,16). The minimum absolute atomic E-state index is 0.0618. The summed E-state index contributed by atoms with van der Waals surface area (Å²) < 4.78 is -0.290. The minimum atomic E-state index is -0.780. The Balaban J connectivity index is 2.21. The Labute approximate surface area is 106 Å². The molecule has 1 aliphatic rings. The molecule has 0 radical (unpaired) electrons. The summed E-state index contributed by atoms with van der Waals surface area (Å²) in [5, 5.41) is 12.4. The summed E-state index contributed by atoms with van der Waals surface area (Å²) in [6, 6.07) is 7.72. The van der Waals surface area contributed by atoms with E-state index in [1.807, 2.05) is 20.8 Å². The molecular weight excluding hydrogens is 234 g/mol. The van der Waals surface area contributed by atoms with Gasteiger partial charge in [0.15, 0.2) is 0 Å². The lowest BCUT2D eigenvalue weighted by molar-refractivity contribution is -0.139. The Kier molecular flexibility index (Phi) is 3.19. The highest BCUT2D eigenvalue weighted by Crippen LogP contribution is 2.45. The van der Waals surface area contributed by atoms with Crippen molar-refractivity contribution in [2.75, 3.05) is 0 Å². The van der Waals surface area contributed by atoms with E-state index < -0.39 is 12.0 Å². The molecule has 0 amide bonds. The van der Waals surface area contributed by atoms with Crippen LogP contribution >= 0.6 is 11.8 Å². The Morgan fingerprint density at radius 3 is 2.41 bits per heavy atom. The van der Waals surface area contributed by atoms with Crippen molar-refractivity contribution in [3.63, 3.8) is 0 Å². The highest BCUT2D eigenvalue weighted by molar-refractivity contribution is 8.01. The van der Waals surface area contributed by atoms with Gasteiger partial charge in [-0.3, -0.25) is 10.1 Å². The molecule has 0 aliphatic carbocycles. The molecule has 1 fully saturated rings. The number of carbonyl (C=O) groups is 1. The van der Waals surface area contributed by atoms with E-state index in [-0.39, 0.29) is 10.1 Å². The largest absolute Gasteiger partial charge is 0.480 e. The monoisotopic (exact) mass is 251 g/mol. The van der Waals surface area contributed by atoms with Gasteiger partial charge in [0.1, 0.15) is 6.04 Å². The first kappa shape index (κ1) is 12.5. The molecule has 92 valence electrons. The lowest BCUT2D eigenvalue weighted by Gasteiger charge is -2.20. The molecule has 3 nitrogen and oxygen atoms in total. The average Bonchev–Trinajstić information content (AvgIpc) is 2.55. The van der Waals surface area contributed by atoms with Crippen LogP contribution in [0.4, 0.5) is 0 Å². The van der Waals surface area contributed by atoms with E-state index in [4.69, 9.17) is 0 Å². The fraction of sp³-hybridized carbons (Fsp3) is 0.462. The predicted octanol–water partition coefficient (Wildman–Crippen LogP) is 2.56. The van der Waals surface area contributed by atoms with E-state index >= 15 is 0 Å². The van der Waals surface area contributed by atoms with Crippen molar-refractivity contribution in [3.8, 4) is 0 Å². The Morgan fingerprint density at radius 1 is 1.35 bits per heavy atom. The number of benzene rings is 1. The second kappa shape index (κ2) is 4.35. The Bertz CT molecular complexity index is 428. The van der Waals surface area contributed by atoms with Crippen LogP contribution in [0.1, 0.15) is 30.3 Å². The topological polar surface area (TPSA) is 49.3 Å². The maximum Gasteiger partial charge on any atom is 0.322 e. The summed E-state index contributed by atoms with van der Waals surface area (Å²) in [4.78, 5) is 11.2. The lowest BCUT2D eigenvalue weighted by Crippen LogP contribution is -2.43. The van der Waals surface area contributed by atoms with Crippen molar-refractivity contribution in [1.29, 1.82) is 0 Å². The molecule has 1 aromatic rings. The van der Waals surface area contributed by atoms with Gasteiger partial charge in [-0.1, -0.05) is 29.8 Å². The molecule has 1 aromatic carbocycles. The van der Waals surface area contributed by atoms with Gasteiger partial charge in [0.25, 0.3) is 0 Å². The molecule has 0 saturated carbocycles. The zero-order chi connectivity index (χ0) is 12.6. The third-order valence-corrected chi connectivity index (χ3v) is 4.55. The van der Waals surface area contributed by atoms with Gasteiger partial charge in [-0.2, -0.15) is 0 Å². The molecular formula is C13H17NO2S. The molecule has 4 heteroatoms. The zero-order valence-corrected chi connectivity index (χ0v) is 11.0.